The van der Waals surface area contributed by atoms with Crippen molar-refractivity contribution in [3.8, 4) is 0 Å². The highest BCUT2D eigenvalue weighted by Crippen LogP contribution is 2.44. The van der Waals surface area contributed by atoms with Gasteiger partial charge in [-0.3, -0.25) is 4.79 Å². The zero-order valence-electron chi connectivity index (χ0n) is 17.4. The molecule has 1 aromatic carbocycles. The molecule has 1 aliphatic heterocycles. The lowest BCUT2D eigenvalue weighted by molar-refractivity contribution is -0.184. The van der Waals surface area contributed by atoms with Crippen LogP contribution in [0.1, 0.15) is 56.2 Å². The number of nitrogens with zero attached hydrogens (tertiary/aromatic N) is 1. The molecule has 3 amide bonds. The van der Waals surface area contributed by atoms with Gasteiger partial charge in [-0.1, -0.05) is 17.7 Å². The summed E-state index contributed by atoms with van der Waals surface area (Å²) >= 11 is 5.87. The van der Waals surface area contributed by atoms with E-state index in [0.717, 1.165) is 0 Å². The van der Waals surface area contributed by atoms with Gasteiger partial charge in [0.1, 0.15) is 6.04 Å². The van der Waals surface area contributed by atoms with Gasteiger partial charge in [0, 0.05) is 23.7 Å². The van der Waals surface area contributed by atoms with Gasteiger partial charge in [-0.25, -0.2) is 13.6 Å². The van der Waals surface area contributed by atoms with Gasteiger partial charge in [-0.15, -0.1) is 0 Å². The summed E-state index contributed by atoms with van der Waals surface area (Å²) in [5, 5.41) is 5.32. The van der Waals surface area contributed by atoms with Crippen LogP contribution in [0.2, 0.25) is 5.02 Å². The molecule has 1 saturated heterocycles. The summed E-state index contributed by atoms with van der Waals surface area (Å²) in [5.41, 5.74) is -0.0549. The van der Waals surface area contributed by atoms with Crippen molar-refractivity contribution in [2.45, 2.75) is 57.3 Å². The minimum atomic E-state index is -4.29. The predicted octanol–water partition coefficient (Wildman–Crippen LogP) is 5.22. The van der Waals surface area contributed by atoms with Gasteiger partial charge in [0.05, 0.1) is 12.0 Å². The molecule has 178 valence electrons. The summed E-state index contributed by atoms with van der Waals surface area (Å²) in [6.45, 7) is 2.10. The molecule has 1 saturated carbocycles. The highest BCUT2D eigenvalue weighted by Gasteiger charge is 2.43. The molecule has 2 N–H and O–H groups in total. The van der Waals surface area contributed by atoms with Crippen LogP contribution in [0.4, 0.5) is 26.7 Å². The second kappa shape index (κ2) is 9.80. The number of alkyl halides is 5. The van der Waals surface area contributed by atoms with E-state index in [9.17, 15) is 31.5 Å². The van der Waals surface area contributed by atoms with Crippen LogP contribution in [0.25, 0.3) is 0 Å². The van der Waals surface area contributed by atoms with Gasteiger partial charge in [0.25, 0.3) is 6.43 Å². The number of piperazine rings is 1. The van der Waals surface area contributed by atoms with Gasteiger partial charge >= 0.3 is 12.2 Å². The fraction of sp³-hybridized carbons (Fsp3) is 0.619. The van der Waals surface area contributed by atoms with Crippen LogP contribution in [0.3, 0.4) is 0 Å². The van der Waals surface area contributed by atoms with Gasteiger partial charge in [0.2, 0.25) is 5.91 Å². The van der Waals surface area contributed by atoms with Gasteiger partial charge in [-0.2, -0.15) is 13.2 Å². The van der Waals surface area contributed by atoms with E-state index >= 15 is 0 Å². The first-order valence-corrected chi connectivity index (χ1v) is 10.9. The van der Waals surface area contributed by atoms with Gasteiger partial charge < -0.3 is 15.5 Å². The fourth-order valence-corrected chi connectivity index (χ4v) is 4.65. The first-order chi connectivity index (χ1) is 15.0. The van der Waals surface area contributed by atoms with Crippen molar-refractivity contribution in [2.24, 2.45) is 11.8 Å². The number of rotatable bonds is 4. The maximum Gasteiger partial charge on any atom is 0.391 e. The Morgan fingerprint density at radius 2 is 1.88 bits per heavy atom. The number of nitrogens with one attached hydrogen (secondary N) is 2. The third-order valence-electron chi connectivity index (χ3n) is 6.36. The molecule has 1 aromatic rings. The molecule has 32 heavy (non-hydrogen) atoms. The standard InChI is InChI=1S/C21H25ClF5N3O2/c1-11-19(31)28-8-9-30(11)20(32)29-17(12-2-5-14(6-3-12)21(25,26)27)13-4-7-16(22)15(10-13)18(23)24/h4,7,10-12,14,17-18H,2-3,5-6,8-9H2,1H3,(H,28,31)(H,29,32)/t11-,12-,14-,17-/m1/s1. The zero-order chi connectivity index (χ0) is 23.6. The average molecular weight is 482 g/mol. The Morgan fingerprint density at radius 1 is 1.22 bits per heavy atom. The molecule has 0 aromatic heterocycles. The highest BCUT2D eigenvalue weighted by atomic mass is 35.5. The molecule has 1 heterocycles. The monoisotopic (exact) mass is 481 g/mol. The normalized spacial score (nSPS) is 25.4. The first-order valence-electron chi connectivity index (χ1n) is 10.5. The van der Waals surface area contributed by atoms with Crippen molar-refractivity contribution < 1.29 is 31.5 Å². The van der Waals surface area contributed by atoms with Crippen LogP contribution in [-0.4, -0.2) is 42.1 Å². The van der Waals surface area contributed by atoms with E-state index in [4.69, 9.17) is 11.6 Å². The lowest BCUT2D eigenvalue weighted by Crippen LogP contribution is -2.58. The van der Waals surface area contributed by atoms with E-state index in [1.807, 2.05) is 0 Å². The number of hydrogen-bond acceptors (Lipinski definition) is 2. The third kappa shape index (κ3) is 5.44. The number of hydrogen-bond donors (Lipinski definition) is 2. The number of urea groups is 1. The molecule has 0 radical (unpaired) electrons. The van der Waals surface area contributed by atoms with E-state index in [1.165, 1.54) is 23.1 Å². The molecule has 2 atom stereocenters. The number of amides is 3. The second-order valence-corrected chi connectivity index (χ2v) is 8.73. The molecule has 2 aliphatic rings. The SMILES string of the molecule is C[C@@H]1C(=O)NCCN1C(=O)N[C@@H](c1ccc(Cl)c(C(F)F)c1)[C@H]1CC[C@H](C(F)(F)F)CC1. The first kappa shape index (κ1) is 24.5. The number of carbonyl (C=O) groups is 2. The van der Waals surface area contributed by atoms with Crippen LogP contribution >= 0.6 is 11.6 Å². The van der Waals surface area contributed by atoms with E-state index in [0.29, 0.717) is 5.56 Å². The van der Waals surface area contributed by atoms with Crippen LogP contribution in [0.5, 0.6) is 0 Å². The lowest BCUT2D eigenvalue weighted by atomic mass is 9.76. The summed E-state index contributed by atoms with van der Waals surface area (Å²) in [4.78, 5) is 26.2. The fourth-order valence-electron chi connectivity index (χ4n) is 4.45. The molecule has 3 rings (SSSR count). The Balaban J connectivity index is 1.86. The van der Waals surface area contributed by atoms with Crippen LogP contribution < -0.4 is 10.6 Å². The quantitative estimate of drug-likeness (QED) is 0.579. The third-order valence-corrected chi connectivity index (χ3v) is 6.70. The van der Waals surface area contributed by atoms with Crippen LogP contribution in [0.15, 0.2) is 18.2 Å². The largest absolute Gasteiger partial charge is 0.391 e. The second-order valence-electron chi connectivity index (χ2n) is 8.32. The molecule has 0 unspecified atom stereocenters. The smallest absolute Gasteiger partial charge is 0.353 e. The minimum absolute atomic E-state index is 0.0989. The van der Waals surface area contributed by atoms with Gasteiger partial charge in [0.15, 0.2) is 0 Å². The Labute approximate surface area is 187 Å². The number of halogens is 6. The van der Waals surface area contributed by atoms with Crippen LogP contribution in [-0.2, 0) is 4.79 Å². The van der Waals surface area contributed by atoms with Crippen molar-refractivity contribution in [2.75, 3.05) is 13.1 Å². The predicted molar refractivity (Wildman–Crippen MR) is 108 cm³/mol. The van der Waals surface area contributed by atoms with E-state index in [2.05, 4.69) is 10.6 Å². The van der Waals surface area contributed by atoms with Crippen molar-refractivity contribution in [1.29, 1.82) is 0 Å². The van der Waals surface area contributed by atoms with Crippen LogP contribution in [0, 0.1) is 11.8 Å². The molecule has 11 heteroatoms. The topological polar surface area (TPSA) is 61.4 Å². The Morgan fingerprint density at radius 3 is 2.47 bits per heavy atom. The minimum Gasteiger partial charge on any atom is -0.353 e. The Bertz CT molecular complexity index is 843. The molecule has 2 fully saturated rings. The molecule has 0 spiro atoms. The summed E-state index contributed by atoms with van der Waals surface area (Å²) in [5.74, 6) is -2.11. The van der Waals surface area contributed by atoms with Crippen molar-refractivity contribution in [1.82, 2.24) is 15.5 Å². The molecule has 5 nitrogen and oxygen atoms in total. The summed E-state index contributed by atoms with van der Waals surface area (Å²) in [7, 11) is 0. The molecule has 0 bridgehead atoms. The molecular formula is C21H25ClF5N3O2. The molecular weight excluding hydrogens is 457 g/mol. The average Bonchev–Trinajstić information content (AvgIpc) is 2.73. The Kier molecular flexibility index (Phi) is 7.52. The summed E-state index contributed by atoms with van der Waals surface area (Å²) < 4.78 is 66.1. The Hall–Kier alpha value is -2.10. The number of carbonyl (C=O) groups excluding carboxylic acids is 2. The van der Waals surface area contributed by atoms with E-state index in [-0.39, 0.29) is 55.6 Å². The summed E-state index contributed by atoms with van der Waals surface area (Å²) in [6, 6.07) is 1.91. The van der Waals surface area contributed by atoms with E-state index < -0.39 is 42.2 Å². The van der Waals surface area contributed by atoms with Gasteiger partial charge in [-0.05, 0) is 56.2 Å². The summed E-state index contributed by atoms with van der Waals surface area (Å²) in [6.07, 6.45) is -6.97. The molecule has 1 aliphatic carbocycles. The van der Waals surface area contributed by atoms with E-state index in [1.54, 1.807) is 6.92 Å². The van der Waals surface area contributed by atoms with Crippen molar-refractivity contribution in [3.63, 3.8) is 0 Å². The highest BCUT2D eigenvalue weighted by molar-refractivity contribution is 6.31. The van der Waals surface area contributed by atoms with Crippen molar-refractivity contribution in [3.05, 3.63) is 34.3 Å². The number of benzene rings is 1. The van der Waals surface area contributed by atoms with Crippen molar-refractivity contribution >= 4 is 23.5 Å². The maximum absolute atomic E-state index is 13.4. The zero-order valence-corrected chi connectivity index (χ0v) is 18.1. The lowest BCUT2D eigenvalue weighted by Gasteiger charge is -2.38. The maximum atomic E-state index is 13.4.